The Kier molecular flexibility index (Phi) is 2.14. The molecule has 0 bridgehead atoms. The first-order chi connectivity index (χ1) is 4.63. The molecule has 0 fully saturated rings. The van der Waals surface area contributed by atoms with Crippen molar-refractivity contribution >= 4 is 11.6 Å². The van der Waals surface area contributed by atoms with E-state index in [1.807, 2.05) is 19.9 Å². The fourth-order valence-electron chi connectivity index (χ4n) is 0.951. The summed E-state index contributed by atoms with van der Waals surface area (Å²) in [5.41, 5.74) is 0.859. The molecule has 0 N–H and O–H groups in total. The van der Waals surface area contributed by atoms with Crippen LogP contribution in [0, 0.1) is 5.92 Å². The second kappa shape index (κ2) is 2.75. The Labute approximate surface area is 65.4 Å². The molecule has 0 nitrogen and oxygen atoms in total. The van der Waals surface area contributed by atoms with Crippen molar-refractivity contribution in [2.75, 3.05) is 0 Å². The molecule has 0 aliphatic heterocycles. The molecule has 0 heterocycles. The van der Waals surface area contributed by atoms with Crippen LogP contribution in [0.25, 0.3) is 0 Å². The topological polar surface area (TPSA) is 0 Å². The fraction of sp³-hybridized carbons (Fsp3) is 0.500. The Morgan fingerprint density at radius 3 is 2.80 bits per heavy atom. The molecule has 56 valence electrons. The van der Waals surface area contributed by atoms with E-state index in [2.05, 4.69) is 0 Å². The van der Waals surface area contributed by atoms with Gasteiger partial charge in [-0.3, -0.25) is 0 Å². The lowest BCUT2D eigenvalue weighted by atomic mass is 9.98. The first-order valence-electron chi connectivity index (χ1n) is 3.35. The molecule has 1 aliphatic rings. The van der Waals surface area contributed by atoms with Crippen molar-refractivity contribution in [1.82, 2.24) is 0 Å². The van der Waals surface area contributed by atoms with Gasteiger partial charge in [-0.15, -0.1) is 0 Å². The van der Waals surface area contributed by atoms with Crippen LogP contribution in [-0.4, -0.2) is 0 Å². The second-order valence-corrected chi connectivity index (χ2v) is 3.06. The van der Waals surface area contributed by atoms with E-state index >= 15 is 0 Å². The predicted molar refractivity (Wildman–Crippen MR) is 41.5 cm³/mol. The van der Waals surface area contributed by atoms with Crippen LogP contribution in [0.5, 0.6) is 0 Å². The molecule has 10 heavy (non-hydrogen) atoms. The maximum atomic E-state index is 12.9. The third-order valence-corrected chi connectivity index (χ3v) is 2.24. The Balaban J connectivity index is 2.94. The molecule has 1 unspecified atom stereocenters. The van der Waals surface area contributed by atoms with E-state index < -0.39 is 0 Å². The standard InChI is InChI=1S/C8H10ClF/c1-5-3-4-6(2)8(10)7(5)9/h3,6H,4H2,1-2H3. The zero-order valence-corrected chi connectivity index (χ0v) is 6.87. The van der Waals surface area contributed by atoms with Gasteiger partial charge in [-0.2, -0.15) is 0 Å². The summed E-state index contributed by atoms with van der Waals surface area (Å²) in [5.74, 6) is -0.196. The van der Waals surface area contributed by atoms with Crippen LogP contribution in [0.3, 0.4) is 0 Å². The van der Waals surface area contributed by atoms with Gasteiger partial charge in [0.1, 0.15) is 5.83 Å². The summed E-state index contributed by atoms with van der Waals surface area (Å²) in [6, 6.07) is 0. The van der Waals surface area contributed by atoms with Crippen LogP contribution >= 0.6 is 11.6 Å². The van der Waals surface area contributed by atoms with Crippen LogP contribution < -0.4 is 0 Å². The second-order valence-electron chi connectivity index (χ2n) is 2.69. The van der Waals surface area contributed by atoms with Crippen molar-refractivity contribution in [3.63, 3.8) is 0 Å². The average Bonchev–Trinajstić information content (AvgIpc) is 1.93. The third-order valence-electron chi connectivity index (χ3n) is 1.77. The molecule has 0 aromatic heterocycles. The molecular formula is C8H10ClF. The van der Waals surface area contributed by atoms with Gasteiger partial charge in [0, 0.05) is 5.92 Å². The number of halogens is 2. The van der Waals surface area contributed by atoms with E-state index in [-0.39, 0.29) is 11.7 Å². The number of hydrogen-bond donors (Lipinski definition) is 0. The SMILES string of the molecule is CC1=CCC(C)C(F)=C1Cl. The molecule has 0 radical (unpaired) electrons. The smallest absolute Gasteiger partial charge is 0.122 e. The molecule has 1 rings (SSSR count). The lowest BCUT2D eigenvalue weighted by molar-refractivity contribution is 0.486. The summed E-state index contributed by atoms with van der Waals surface area (Å²) in [6.45, 7) is 3.66. The Morgan fingerprint density at radius 1 is 1.70 bits per heavy atom. The summed E-state index contributed by atoms with van der Waals surface area (Å²) in [4.78, 5) is 0. The van der Waals surface area contributed by atoms with E-state index in [1.165, 1.54) is 0 Å². The molecule has 0 saturated heterocycles. The normalized spacial score (nSPS) is 26.8. The Morgan fingerprint density at radius 2 is 2.30 bits per heavy atom. The van der Waals surface area contributed by atoms with E-state index in [0.29, 0.717) is 5.03 Å². The van der Waals surface area contributed by atoms with Gasteiger partial charge in [-0.1, -0.05) is 24.6 Å². The minimum absolute atomic E-state index is 0.0313. The fourth-order valence-corrected chi connectivity index (χ4v) is 1.21. The highest BCUT2D eigenvalue weighted by molar-refractivity contribution is 6.32. The maximum absolute atomic E-state index is 12.9. The van der Waals surface area contributed by atoms with Crippen molar-refractivity contribution in [2.24, 2.45) is 5.92 Å². The van der Waals surface area contributed by atoms with E-state index in [1.54, 1.807) is 0 Å². The van der Waals surface area contributed by atoms with Crippen molar-refractivity contribution in [2.45, 2.75) is 20.3 Å². The summed E-state index contributed by atoms with van der Waals surface area (Å²) < 4.78 is 12.9. The minimum atomic E-state index is -0.165. The summed E-state index contributed by atoms with van der Waals surface area (Å²) in [7, 11) is 0. The van der Waals surface area contributed by atoms with Crippen molar-refractivity contribution in [3.8, 4) is 0 Å². The largest absolute Gasteiger partial charge is 0.210 e. The van der Waals surface area contributed by atoms with Crippen LogP contribution in [0.2, 0.25) is 0 Å². The molecule has 0 spiro atoms. The van der Waals surface area contributed by atoms with Gasteiger partial charge < -0.3 is 0 Å². The summed E-state index contributed by atoms with van der Waals surface area (Å²) in [5, 5.41) is 0.304. The zero-order valence-electron chi connectivity index (χ0n) is 6.12. The average molecular weight is 161 g/mol. The van der Waals surface area contributed by atoms with Gasteiger partial charge in [0.05, 0.1) is 5.03 Å². The third kappa shape index (κ3) is 1.24. The van der Waals surface area contributed by atoms with Crippen LogP contribution in [0.1, 0.15) is 20.3 Å². The molecule has 1 aliphatic carbocycles. The van der Waals surface area contributed by atoms with Crippen molar-refractivity contribution in [1.29, 1.82) is 0 Å². The van der Waals surface area contributed by atoms with Crippen LogP contribution in [0.15, 0.2) is 22.5 Å². The van der Waals surface area contributed by atoms with E-state index in [4.69, 9.17) is 11.6 Å². The van der Waals surface area contributed by atoms with E-state index in [9.17, 15) is 4.39 Å². The monoisotopic (exact) mass is 160 g/mol. The van der Waals surface area contributed by atoms with Crippen LogP contribution in [0.4, 0.5) is 4.39 Å². The molecule has 2 heteroatoms. The summed E-state index contributed by atoms with van der Waals surface area (Å²) >= 11 is 5.65. The highest BCUT2D eigenvalue weighted by Gasteiger charge is 2.17. The molecule has 0 aromatic carbocycles. The number of rotatable bonds is 0. The summed E-state index contributed by atoms with van der Waals surface area (Å²) in [6.07, 6.45) is 2.74. The molecule has 0 aromatic rings. The molecule has 1 atom stereocenters. The first kappa shape index (κ1) is 7.80. The quantitative estimate of drug-likeness (QED) is 0.510. The Hall–Kier alpha value is -0.300. The van der Waals surface area contributed by atoms with Gasteiger partial charge in [-0.25, -0.2) is 4.39 Å². The van der Waals surface area contributed by atoms with E-state index in [0.717, 1.165) is 12.0 Å². The highest BCUT2D eigenvalue weighted by Crippen LogP contribution is 2.32. The Bertz CT molecular complexity index is 203. The van der Waals surface area contributed by atoms with Gasteiger partial charge in [0.2, 0.25) is 0 Å². The zero-order chi connectivity index (χ0) is 7.72. The van der Waals surface area contributed by atoms with Gasteiger partial charge in [0.25, 0.3) is 0 Å². The van der Waals surface area contributed by atoms with Gasteiger partial charge in [-0.05, 0) is 18.9 Å². The van der Waals surface area contributed by atoms with Gasteiger partial charge in [0.15, 0.2) is 0 Å². The highest BCUT2D eigenvalue weighted by atomic mass is 35.5. The lowest BCUT2D eigenvalue weighted by Crippen LogP contribution is -2.01. The van der Waals surface area contributed by atoms with Crippen molar-refractivity contribution < 1.29 is 4.39 Å². The molecular weight excluding hydrogens is 151 g/mol. The lowest BCUT2D eigenvalue weighted by Gasteiger charge is -2.14. The molecule has 0 saturated carbocycles. The first-order valence-corrected chi connectivity index (χ1v) is 3.73. The van der Waals surface area contributed by atoms with Crippen molar-refractivity contribution in [3.05, 3.63) is 22.5 Å². The van der Waals surface area contributed by atoms with Crippen LogP contribution in [-0.2, 0) is 0 Å². The number of hydrogen-bond acceptors (Lipinski definition) is 0. The number of allylic oxidation sites excluding steroid dienone is 4. The van der Waals surface area contributed by atoms with Gasteiger partial charge >= 0.3 is 0 Å². The maximum Gasteiger partial charge on any atom is 0.122 e. The predicted octanol–water partition coefficient (Wildman–Crippen LogP) is 3.39. The molecule has 0 amide bonds. The minimum Gasteiger partial charge on any atom is -0.210 e.